The number of thioether (sulfide) groups is 1. The van der Waals surface area contributed by atoms with E-state index in [9.17, 15) is 4.79 Å². The molecule has 2 rings (SSSR count). The first kappa shape index (κ1) is 13.6. The van der Waals surface area contributed by atoms with Crippen LogP contribution in [0.4, 0.5) is 0 Å². The van der Waals surface area contributed by atoms with Crippen LogP contribution in [-0.4, -0.2) is 65.2 Å². The van der Waals surface area contributed by atoms with Gasteiger partial charge in [0.05, 0.1) is 5.56 Å². The average Bonchev–Trinajstić information content (AvgIpc) is 2.38. The third kappa shape index (κ3) is 2.93. The molecule has 98 valence electrons. The Labute approximate surface area is 116 Å². The van der Waals surface area contributed by atoms with Crippen molar-refractivity contribution >= 4 is 29.3 Å². The molecule has 7 heteroatoms. The number of aromatic nitrogens is 2. The third-order valence-corrected chi connectivity index (χ3v) is 3.77. The van der Waals surface area contributed by atoms with Gasteiger partial charge in [-0.3, -0.25) is 4.79 Å². The molecule has 0 bridgehead atoms. The zero-order valence-corrected chi connectivity index (χ0v) is 12.0. The number of rotatable bonds is 2. The maximum absolute atomic E-state index is 12.3. The van der Waals surface area contributed by atoms with Crippen molar-refractivity contribution < 1.29 is 4.79 Å². The van der Waals surface area contributed by atoms with Crippen molar-refractivity contribution in [1.82, 2.24) is 19.8 Å². The molecule has 1 aliphatic rings. The Bertz CT molecular complexity index is 449. The van der Waals surface area contributed by atoms with Crippen molar-refractivity contribution in [3.63, 3.8) is 0 Å². The van der Waals surface area contributed by atoms with Crippen LogP contribution in [0.3, 0.4) is 0 Å². The minimum atomic E-state index is -0.0826. The van der Waals surface area contributed by atoms with Gasteiger partial charge < -0.3 is 9.80 Å². The fourth-order valence-electron chi connectivity index (χ4n) is 1.77. The van der Waals surface area contributed by atoms with E-state index in [0.717, 1.165) is 26.2 Å². The number of carbonyl (C=O) groups is 1. The summed E-state index contributed by atoms with van der Waals surface area (Å²) in [4.78, 5) is 24.4. The quantitative estimate of drug-likeness (QED) is 0.465. The Balaban J connectivity index is 2.13. The molecule has 0 spiro atoms. The third-order valence-electron chi connectivity index (χ3n) is 2.92. The van der Waals surface area contributed by atoms with E-state index in [2.05, 4.69) is 14.9 Å². The molecule has 1 amide bonds. The fraction of sp³-hybridized carbons (Fsp3) is 0.545. The second-order valence-corrected chi connectivity index (χ2v) is 5.29. The summed E-state index contributed by atoms with van der Waals surface area (Å²) in [7, 11) is 2.05. The van der Waals surface area contributed by atoms with Gasteiger partial charge in [-0.1, -0.05) is 23.4 Å². The van der Waals surface area contributed by atoms with E-state index in [4.69, 9.17) is 11.6 Å². The van der Waals surface area contributed by atoms with E-state index >= 15 is 0 Å². The van der Waals surface area contributed by atoms with E-state index in [1.807, 2.05) is 13.3 Å². The predicted molar refractivity (Wildman–Crippen MR) is 72.2 cm³/mol. The van der Waals surface area contributed by atoms with Gasteiger partial charge in [0, 0.05) is 32.4 Å². The van der Waals surface area contributed by atoms with Crippen LogP contribution in [-0.2, 0) is 0 Å². The van der Waals surface area contributed by atoms with Crippen LogP contribution in [0.2, 0.25) is 5.15 Å². The lowest BCUT2D eigenvalue weighted by Crippen LogP contribution is -2.47. The molecule has 0 aliphatic carbocycles. The Morgan fingerprint density at radius 3 is 2.61 bits per heavy atom. The highest BCUT2D eigenvalue weighted by molar-refractivity contribution is 7.98. The van der Waals surface area contributed by atoms with Gasteiger partial charge in [-0.25, -0.2) is 9.97 Å². The maximum Gasteiger partial charge on any atom is 0.258 e. The Morgan fingerprint density at radius 2 is 2.06 bits per heavy atom. The number of halogens is 1. The van der Waals surface area contributed by atoms with Gasteiger partial charge in [-0.15, -0.1) is 0 Å². The van der Waals surface area contributed by atoms with Crippen molar-refractivity contribution in [2.75, 3.05) is 39.5 Å². The number of hydrogen-bond donors (Lipinski definition) is 0. The largest absolute Gasteiger partial charge is 0.336 e. The molecule has 0 atom stereocenters. The van der Waals surface area contributed by atoms with Crippen LogP contribution in [0.1, 0.15) is 10.4 Å². The van der Waals surface area contributed by atoms with Gasteiger partial charge in [0.1, 0.15) is 5.15 Å². The van der Waals surface area contributed by atoms with E-state index in [-0.39, 0.29) is 11.1 Å². The van der Waals surface area contributed by atoms with Crippen LogP contribution in [0.25, 0.3) is 0 Å². The van der Waals surface area contributed by atoms with Crippen molar-refractivity contribution in [1.29, 1.82) is 0 Å². The smallest absolute Gasteiger partial charge is 0.258 e. The summed E-state index contributed by atoms with van der Waals surface area (Å²) in [6, 6.07) is 0. The SMILES string of the molecule is CSc1ncc(C(=O)N2CCN(C)CC2)c(Cl)n1. The molecule has 1 aliphatic heterocycles. The minimum Gasteiger partial charge on any atom is -0.336 e. The van der Waals surface area contributed by atoms with Crippen LogP contribution in [0, 0.1) is 0 Å². The van der Waals surface area contributed by atoms with E-state index in [1.165, 1.54) is 18.0 Å². The van der Waals surface area contributed by atoms with Crippen LogP contribution in [0.15, 0.2) is 11.4 Å². The highest BCUT2D eigenvalue weighted by Crippen LogP contribution is 2.18. The molecule has 5 nitrogen and oxygen atoms in total. The predicted octanol–water partition coefficient (Wildman–Crippen LogP) is 1.24. The molecular weight excluding hydrogens is 272 g/mol. The summed E-state index contributed by atoms with van der Waals surface area (Å²) < 4.78 is 0. The number of carbonyl (C=O) groups excluding carboxylic acids is 1. The van der Waals surface area contributed by atoms with Crippen LogP contribution < -0.4 is 0 Å². The molecule has 0 radical (unpaired) electrons. The van der Waals surface area contributed by atoms with Gasteiger partial charge >= 0.3 is 0 Å². The Kier molecular flexibility index (Phi) is 4.42. The van der Waals surface area contributed by atoms with Gasteiger partial charge in [-0.2, -0.15) is 0 Å². The van der Waals surface area contributed by atoms with Crippen molar-refractivity contribution in [2.45, 2.75) is 5.16 Å². The van der Waals surface area contributed by atoms with Crippen molar-refractivity contribution in [3.05, 3.63) is 16.9 Å². The maximum atomic E-state index is 12.3. The molecule has 0 unspecified atom stereocenters. The number of amides is 1. The van der Waals surface area contributed by atoms with E-state index in [1.54, 1.807) is 4.90 Å². The molecule has 0 aromatic carbocycles. The van der Waals surface area contributed by atoms with Crippen molar-refractivity contribution in [3.8, 4) is 0 Å². The standard InChI is InChI=1S/C11H15ClN4OS/c1-15-3-5-16(6-4-15)10(17)8-7-13-11(18-2)14-9(8)12/h7H,3-6H2,1-2H3. The first-order valence-electron chi connectivity index (χ1n) is 5.66. The lowest BCUT2D eigenvalue weighted by Gasteiger charge is -2.32. The second-order valence-electron chi connectivity index (χ2n) is 4.16. The van der Waals surface area contributed by atoms with E-state index in [0.29, 0.717) is 10.7 Å². The number of hydrogen-bond acceptors (Lipinski definition) is 5. The zero-order valence-electron chi connectivity index (χ0n) is 10.4. The van der Waals surface area contributed by atoms with E-state index < -0.39 is 0 Å². The molecule has 18 heavy (non-hydrogen) atoms. The summed E-state index contributed by atoms with van der Waals surface area (Å²) in [5.41, 5.74) is 0.388. The summed E-state index contributed by atoms with van der Waals surface area (Å²) in [5, 5.41) is 0.813. The normalized spacial score (nSPS) is 16.9. The van der Waals surface area contributed by atoms with Gasteiger partial charge in [0.25, 0.3) is 5.91 Å². The Morgan fingerprint density at radius 1 is 1.39 bits per heavy atom. The lowest BCUT2D eigenvalue weighted by atomic mass is 10.2. The molecule has 0 N–H and O–H groups in total. The lowest BCUT2D eigenvalue weighted by molar-refractivity contribution is 0.0663. The van der Waals surface area contributed by atoms with Crippen LogP contribution >= 0.6 is 23.4 Å². The van der Waals surface area contributed by atoms with Gasteiger partial charge in [0.15, 0.2) is 5.16 Å². The molecule has 2 heterocycles. The number of likely N-dealkylation sites (N-methyl/N-ethyl adjacent to an activating group) is 1. The first-order valence-corrected chi connectivity index (χ1v) is 7.26. The summed E-state index contributed by atoms with van der Waals surface area (Å²) in [6.45, 7) is 3.20. The summed E-state index contributed by atoms with van der Waals surface area (Å²) in [6.07, 6.45) is 3.38. The molecular formula is C11H15ClN4OS. The molecule has 1 saturated heterocycles. The monoisotopic (exact) mass is 286 g/mol. The number of nitrogens with zero attached hydrogens (tertiary/aromatic N) is 4. The first-order chi connectivity index (χ1) is 8.61. The summed E-state index contributed by atoms with van der Waals surface area (Å²) in [5.74, 6) is -0.0826. The minimum absolute atomic E-state index is 0.0826. The fourth-order valence-corrected chi connectivity index (χ4v) is 2.37. The summed E-state index contributed by atoms with van der Waals surface area (Å²) >= 11 is 7.43. The second kappa shape index (κ2) is 5.86. The average molecular weight is 287 g/mol. The highest BCUT2D eigenvalue weighted by Gasteiger charge is 2.23. The zero-order chi connectivity index (χ0) is 13.1. The molecule has 0 saturated carbocycles. The molecule has 1 aromatic heterocycles. The van der Waals surface area contributed by atoms with Crippen molar-refractivity contribution in [2.24, 2.45) is 0 Å². The van der Waals surface area contributed by atoms with Gasteiger partial charge in [0.2, 0.25) is 0 Å². The Hall–Kier alpha value is -0.850. The van der Waals surface area contributed by atoms with Crippen LogP contribution in [0.5, 0.6) is 0 Å². The highest BCUT2D eigenvalue weighted by atomic mass is 35.5. The van der Waals surface area contributed by atoms with Gasteiger partial charge in [-0.05, 0) is 13.3 Å². The topological polar surface area (TPSA) is 49.3 Å². The molecule has 1 fully saturated rings. The molecule has 1 aromatic rings. The number of piperazine rings is 1.